The average molecular weight is 311 g/mol. The summed E-state index contributed by atoms with van der Waals surface area (Å²) >= 11 is 0. The van der Waals surface area contributed by atoms with Crippen LogP contribution in [0.2, 0.25) is 0 Å². The third-order valence-corrected chi connectivity index (χ3v) is 4.36. The van der Waals surface area contributed by atoms with Crippen molar-refractivity contribution in [3.8, 4) is 0 Å². The summed E-state index contributed by atoms with van der Waals surface area (Å²) in [7, 11) is 3.99. The molecule has 2 heterocycles. The van der Waals surface area contributed by atoms with E-state index >= 15 is 0 Å². The minimum absolute atomic E-state index is 0.397. The van der Waals surface area contributed by atoms with Gasteiger partial charge in [-0.3, -0.25) is 4.90 Å². The molecule has 0 amide bonds. The number of rotatable bonds is 5. The number of anilines is 2. The van der Waals surface area contributed by atoms with Gasteiger partial charge in [0, 0.05) is 52.2 Å². The molecule has 5 nitrogen and oxygen atoms in total. The predicted octanol–water partition coefficient (Wildman–Crippen LogP) is 2.48. The van der Waals surface area contributed by atoms with E-state index in [0.29, 0.717) is 12.0 Å². The lowest BCUT2D eigenvalue weighted by atomic mass is 10.1. The Hall–Kier alpha value is -2.14. The molecule has 2 aromatic rings. The zero-order valence-corrected chi connectivity index (χ0v) is 14.1. The molecule has 0 spiro atoms. The second-order valence-corrected chi connectivity index (χ2v) is 6.53. The fourth-order valence-corrected chi connectivity index (χ4v) is 3.16. The molecular weight excluding hydrogens is 286 g/mol. The van der Waals surface area contributed by atoms with Gasteiger partial charge in [-0.05, 0) is 11.5 Å². The number of benzene rings is 1. The average Bonchev–Trinajstić information content (AvgIpc) is 2.88. The predicted molar refractivity (Wildman–Crippen MR) is 94.7 cm³/mol. The van der Waals surface area contributed by atoms with Crippen LogP contribution in [0.1, 0.15) is 12.5 Å². The van der Waals surface area contributed by atoms with Crippen LogP contribution in [0.4, 0.5) is 11.6 Å². The Kier molecular flexibility index (Phi) is 4.76. The summed E-state index contributed by atoms with van der Waals surface area (Å²) in [6.45, 7) is 5.43. The number of hydrogen-bond donors (Lipinski definition) is 1. The van der Waals surface area contributed by atoms with E-state index in [-0.39, 0.29) is 0 Å². The van der Waals surface area contributed by atoms with Crippen molar-refractivity contribution < 1.29 is 0 Å². The Labute approximate surface area is 138 Å². The summed E-state index contributed by atoms with van der Waals surface area (Å²) in [5, 5.41) is 3.60. The highest BCUT2D eigenvalue weighted by molar-refractivity contribution is 5.60. The molecule has 1 saturated heterocycles. The maximum Gasteiger partial charge on any atom is 0.171 e. The topological polar surface area (TPSA) is 44.3 Å². The van der Waals surface area contributed by atoms with Crippen molar-refractivity contribution in [2.24, 2.45) is 5.92 Å². The Bertz CT molecular complexity index is 628. The highest BCUT2D eigenvalue weighted by Crippen LogP contribution is 2.25. The summed E-state index contributed by atoms with van der Waals surface area (Å²) in [5.74, 6) is 2.34. The van der Waals surface area contributed by atoms with E-state index in [0.717, 1.165) is 31.3 Å². The summed E-state index contributed by atoms with van der Waals surface area (Å²) in [4.78, 5) is 13.4. The fraction of sp³-hybridized carbons (Fsp3) is 0.444. The van der Waals surface area contributed by atoms with Crippen molar-refractivity contribution in [1.29, 1.82) is 0 Å². The smallest absolute Gasteiger partial charge is 0.171 e. The molecule has 5 heteroatoms. The molecule has 0 radical (unpaired) electrons. The molecule has 3 rings (SSSR count). The lowest BCUT2D eigenvalue weighted by Gasteiger charge is -2.21. The molecule has 1 aliphatic heterocycles. The minimum atomic E-state index is 0.397. The summed E-state index contributed by atoms with van der Waals surface area (Å²) in [5.41, 5.74) is 1.37. The number of likely N-dealkylation sites (tertiary alicyclic amines) is 1. The van der Waals surface area contributed by atoms with Crippen LogP contribution in [0.5, 0.6) is 0 Å². The molecule has 122 valence electrons. The van der Waals surface area contributed by atoms with Gasteiger partial charge >= 0.3 is 0 Å². The first-order valence-corrected chi connectivity index (χ1v) is 8.14. The van der Waals surface area contributed by atoms with Crippen molar-refractivity contribution in [2.45, 2.75) is 19.5 Å². The van der Waals surface area contributed by atoms with Gasteiger partial charge < -0.3 is 10.2 Å². The molecule has 23 heavy (non-hydrogen) atoms. The van der Waals surface area contributed by atoms with Gasteiger partial charge in [-0.15, -0.1) is 0 Å². The maximum atomic E-state index is 4.47. The molecule has 1 fully saturated rings. The normalized spacial score (nSPS) is 21.3. The lowest BCUT2D eigenvalue weighted by Crippen LogP contribution is -2.29. The van der Waals surface area contributed by atoms with Crippen molar-refractivity contribution in [1.82, 2.24) is 14.9 Å². The Morgan fingerprint density at radius 2 is 1.87 bits per heavy atom. The molecule has 0 saturated carbocycles. The first kappa shape index (κ1) is 15.7. The zero-order valence-electron chi connectivity index (χ0n) is 14.1. The Morgan fingerprint density at radius 1 is 1.13 bits per heavy atom. The summed E-state index contributed by atoms with van der Waals surface area (Å²) in [6.07, 6.45) is 3.48. The van der Waals surface area contributed by atoms with Gasteiger partial charge in [0.25, 0.3) is 0 Å². The van der Waals surface area contributed by atoms with Gasteiger partial charge in [0.15, 0.2) is 11.6 Å². The number of nitrogens with zero attached hydrogens (tertiary/aromatic N) is 4. The van der Waals surface area contributed by atoms with Crippen molar-refractivity contribution in [3.63, 3.8) is 0 Å². The number of hydrogen-bond acceptors (Lipinski definition) is 5. The van der Waals surface area contributed by atoms with Crippen molar-refractivity contribution in [3.05, 3.63) is 48.3 Å². The van der Waals surface area contributed by atoms with Gasteiger partial charge in [0.2, 0.25) is 0 Å². The highest BCUT2D eigenvalue weighted by atomic mass is 15.2. The largest absolute Gasteiger partial charge is 0.363 e. The standard InChI is InChI=1S/C18H25N5/c1-14-11-23(12-15-7-5-4-6-8-15)13-16(14)21-17-18(22(2)3)20-10-9-19-17/h4-10,14,16H,11-13H2,1-3H3,(H,19,21). The highest BCUT2D eigenvalue weighted by Gasteiger charge is 2.30. The lowest BCUT2D eigenvalue weighted by molar-refractivity contribution is 0.319. The van der Waals surface area contributed by atoms with Crippen LogP contribution < -0.4 is 10.2 Å². The van der Waals surface area contributed by atoms with Gasteiger partial charge in [0.05, 0.1) is 0 Å². The maximum absolute atomic E-state index is 4.47. The van der Waals surface area contributed by atoms with Crippen LogP contribution in [0.15, 0.2) is 42.7 Å². The van der Waals surface area contributed by atoms with Gasteiger partial charge in [-0.2, -0.15) is 0 Å². The van der Waals surface area contributed by atoms with E-state index in [1.807, 2.05) is 19.0 Å². The molecular formula is C18H25N5. The van der Waals surface area contributed by atoms with Crippen LogP contribution in [-0.4, -0.2) is 48.1 Å². The van der Waals surface area contributed by atoms with Crippen molar-refractivity contribution >= 4 is 11.6 Å². The molecule has 0 aliphatic carbocycles. The van der Waals surface area contributed by atoms with E-state index in [4.69, 9.17) is 0 Å². The molecule has 1 aromatic heterocycles. The van der Waals surface area contributed by atoms with E-state index in [1.54, 1.807) is 12.4 Å². The summed E-state index contributed by atoms with van der Waals surface area (Å²) < 4.78 is 0. The molecule has 2 atom stereocenters. The first-order chi connectivity index (χ1) is 11.1. The third-order valence-electron chi connectivity index (χ3n) is 4.36. The Balaban J connectivity index is 1.66. The van der Waals surface area contributed by atoms with Crippen LogP contribution in [-0.2, 0) is 6.54 Å². The van der Waals surface area contributed by atoms with E-state index < -0.39 is 0 Å². The fourth-order valence-electron chi connectivity index (χ4n) is 3.16. The third kappa shape index (κ3) is 3.79. The van der Waals surface area contributed by atoms with E-state index in [2.05, 4.69) is 57.4 Å². The van der Waals surface area contributed by atoms with Gasteiger partial charge in [-0.1, -0.05) is 37.3 Å². The van der Waals surface area contributed by atoms with Crippen LogP contribution in [0, 0.1) is 5.92 Å². The zero-order chi connectivity index (χ0) is 16.2. The van der Waals surface area contributed by atoms with Crippen LogP contribution in [0.25, 0.3) is 0 Å². The van der Waals surface area contributed by atoms with Crippen molar-refractivity contribution in [2.75, 3.05) is 37.4 Å². The molecule has 0 bridgehead atoms. The minimum Gasteiger partial charge on any atom is -0.363 e. The van der Waals surface area contributed by atoms with Gasteiger partial charge in [0.1, 0.15) is 0 Å². The van der Waals surface area contributed by atoms with Crippen LogP contribution >= 0.6 is 0 Å². The van der Waals surface area contributed by atoms with E-state index in [1.165, 1.54) is 5.56 Å². The SMILES string of the molecule is CC1CN(Cc2ccccc2)CC1Nc1nccnc1N(C)C. The number of nitrogens with one attached hydrogen (secondary N) is 1. The Morgan fingerprint density at radius 3 is 2.61 bits per heavy atom. The second-order valence-electron chi connectivity index (χ2n) is 6.53. The second kappa shape index (κ2) is 6.96. The monoisotopic (exact) mass is 311 g/mol. The van der Waals surface area contributed by atoms with E-state index in [9.17, 15) is 0 Å². The molecule has 1 aliphatic rings. The molecule has 1 aromatic carbocycles. The summed E-state index contributed by atoms with van der Waals surface area (Å²) in [6, 6.07) is 11.1. The first-order valence-electron chi connectivity index (χ1n) is 8.14. The molecule has 2 unspecified atom stereocenters. The molecule has 1 N–H and O–H groups in total. The quantitative estimate of drug-likeness (QED) is 0.919. The van der Waals surface area contributed by atoms with Gasteiger partial charge in [-0.25, -0.2) is 9.97 Å². The number of aromatic nitrogens is 2. The van der Waals surface area contributed by atoms with Crippen LogP contribution in [0.3, 0.4) is 0 Å².